The third-order valence-electron chi connectivity index (χ3n) is 4.73. The van der Waals surface area contributed by atoms with Crippen molar-refractivity contribution < 1.29 is 23.8 Å². The average molecular weight is 384 g/mol. The van der Waals surface area contributed by atoms with E-state index in [9.17, 15) is 14.7 Å². The number of nitrogens with zero attached hydrogens (tertiary/aromatic N) is 2. The van der Waals surface area contributed by atoms with Crippen LogP contribution in [0, 0.1) is 0 Å². The van der Waals surface area contributed by atoms with Crippen molar-refractivity contribution in [3.8, 4) is 5.75 Å². The number of aliphatic hydroxyl groups excluding tert-OH is 1. The van der Waals surface area contributed by atoms with Gasteiger partial charge in [0.15, 0.2) is 11.5 Å². The fourth-order valence-corrected chi connectivity index (χ4v) is 3.43. The fourth-order valence-electron chi connectivity index (χ4n) is 3.43. The number of hydrogen-bond acceptors (Lipinski definition) is 6. The number of rotatable bonds is 8. The highest BCUT2D eigenvalue weighted by Gasteiger charge is 2.45. The number of methoxy groups -OCH3 is 1. The zero-order valence-electron chi connectivity index (χ0n) is 16.2. The molecule has 28 heavy (non-hydrogen) atoms. The molecule has 0 bridgehead atoms. The first-order valence-electron chi connectivity index (χ1n) is 9.05. The van der Waals surface area contributed by atoms with E-state index in [1.54, 1.807) is 18.2 Å². The molecule has 0 spiro atoms. The van der Waals surface area contributed by atoms with Gasteiger partial charge in [0.1, 0.15) is 5.75 Å². The van der Waals surface area contributed by atoms with Crippen molar-refractivity contribution in [2.24, 2.45) is 0 Å². The highest BCUT2D eigenvalue weighted by Crippen LogP contribution is 2.42. The number of hydrogen-bond donors (Lipinski definition) is 1. The van der Waals surface area contributed by atoms with Crippen LogP contribution in [0.1, 0.15) is 28.6 Å². The predicted molar refractivity (Wildman–Crippen MR) is 103 cm³/mol. The molecule has 1 aliphatic heterocycles. The van der Waals surface area contributed by atoms with Gasteiger partial charge in [-0.25, -0.2) is 0 Å². The average Bonchev–Trinajstić information content (AvgIpc) is 3.30. The van der Waals surface area contributed by atoms with Gasteiger partial charge in [0.25, 0.3) is 5.91 Å². The van der Waals surface area contributed by atoms with Crippen molar-refractivity contribution in [3.63, 3.8) is 0 Å². The van der Waals surface area contributed by atoms with E-state index in [1.807, 2.05) is 31.1 Å². The molecule has 0 saturated carbocycles. The smallest absolute Gasteiger partial charge is 0.290 e. The summed E-state index contributed by atoms with van der Waals surface area (Å²) in [6.07, 6.45) is 2.08. The lowest BCUT2D eigenvalue weighted by atomic mass is 9.94. The van der Waals surface area contributed by atoms with Gasteiger partial charge in [0.05, 0.1) is 25.0 Å². The Balaban J connectivity index is 2.05. The molecule has 7 nitrogen and oxygen atoms in total. The van der Waals surface area contributed by atoms with E-state index in [0.717, 1.165) is 6.54 Å². The number of ketones is 1. The highest BCUT2D eigenvalue weighted by atomic mass is 16.5. The largest absolute Gasteiger partial charge is 0.503 e. The van der Waals surface area contributed by atoms with E-state index in [1.165, 1.54) is 24.3 Å². The lowest BCUT2D eigenvalue weighted by Gasteiger charge is -2.28. The van der Waals surface area contributed by atoms with Crippen molar-refractivity contribution in [1.82, 2.24) is 9.80 Å². The Morgan fingerprint density at radius 1 is 1.25 bits per heavy atom. The number of furan rings is 1. The van der Waals surface area contributed by atoms with Crippen LogP contribution in [-0.2, 0) is 4.79 Å². The Bertz CT molecular complexity index is 886. The molecule has 1 aromatic carbocycles. The van der Waals surface area contributed by atoms with E-state index >= 15 is 0 Å². The highest BCUT2D eigenvalue weighted by molar-refractivity contribution is 6.15. The third-order valence-corrected chi connectivity index (χ3v) is 4.73. The predicted octanol–water partition coefficient (Wildman–Crippen LogP) is 2.82. The zero-order chi connectivity index (χ0) is 20.3. The molecular formula is C21H24N2O5. The van der Waals surface area contributed by atoms with Crippen LogP contribution >= 0.6 is 0 Å². The molecule has 0 saturated heterocycles. The standard InChI is InChI=1S/C21H24N2O5/c1-22(2)11-7-12-23-18(14-8-4-5-9-15(14)27-3)17(20(25)21(23)26)19(24)16-10-6-13-28-16/h4-6,8-10,13,18,25H,7,11-12H2,1-3H3. The van der Waals surface area contributed by atoms with E-state index in [4.69, 9.17) is 9.15 Å². The fraction of sp³-hybridized carbons (Fsp3) is 0.333. The van der Waals surface area contributed by atoms with Crippen LogP contribution in [0.25, 0.3) is 0 Å². The van der Waals surface area contributed by atoms with Gasteiger partial charge in [0.2, 0.25) is 5.78 Å². The van der Waals surface area contributed by atoms with Gasteiger partial charge in [-0.1, -0.05) is 18.2 Å². The van der Waals surface area contributed by atoms with Crippen LogP contribution < -0.4 is 4.74 Å². The van der Waals surface area contributed by atoms with Crippen LogP contribution in [-0.4, -0.2) is 60.9 Å². The number of carbonyl (C=O) groups excluding carboxylic acids is 2. The van der Waals surface area contributed by atoms with Crippen molar-refractivity contribution in [2.75, 3.05) is 34.3 Å². The first kappa shape index (κ1) is 19.7. The summed E-state index contributed by atoms with van der Waals surface area (Å²) in [4.78, 5) is 29.4. The molecule has 3 rings (SSSR count). The van der Waals surface area contributed by atoms with Crippen molar-refractivity contribution in [3.05, 3.63) is 65.3 Å². The van der Waals surface area contributed by atoms with E-state index in [0.29, 0.717) is 24.3 Å². The summed E-state index contributed by atoms with van der Waals surface area (Å²) < 4.78 is 10.7. The van der Waals surface area contributed by atoms with Gasteiger partial charge in [-0.15, -0.1) is 0 Å². The van der Waals surface area contributed by atoms with Gasteiger partial charge in [0, 0.05) is 12.1 Å². The maximum atomic E-state index is 13.0. The topological polar surface area (TPSA) is 83.2 Å². The molecule has 1 N–H and O–H groups in total. The molecule has 2 aromatic rings. The van der Waals surface area contributed by atoms with Crippen molar-refractivity contribution >= 4 is 11.7 Å². The number of Topliss-reactive ketones (excluding diaryl/α,β-unsaturated/α-hetero) is 1. The molecule has 0 radical (unpaired) electrons. The Kier molecular flexibility index (Phi) is 5.84. The number of benzene rings is 1. The minimum absolute atomic E-state index is 0.00861. The lowest BCUT2D eigenvalue weighted by molar-refractivity contribution is -0.129. The molecule has 1 aromatic heterocycles. The first-order chi connectivity index (χ1) is 13.5. The molecule has 1 atom stereocenters. The maximum Gasteiger partial charge on any atom is 0.290 e. The summed E-state index contributed by atoms with van der Waals surface area (Å²) in [5.41, 5.74) is 0.650. The number of aliphatic hydroxyl groups is 1. The number of para-hydroxylation sites is 1. The summed E-state index contributed by atoms with van der Waals surface area (Å²) in [5.74, 6) is -1.00. The second kappa shape index (κ2) is 8.31. The molecule has 2 heterocycles. The number of ether oxygens (including phenoxy) is 1. The first-order valence-corrected chi connectivity index (χ1v) is 9.05. The summed E-state index contributed by atoms with van der Waals surface area (Å²) >= 11 is 0. The monoisotopic (exact) mass is 384 g/mol. The van der Waals surface area contributed by atoms with E-state index < -0.39 is 23.5 Å². The van der Waals surface area contributed by atoms with Crippen molar-refractivity contribution in [1.29, 1.82) is 0 Å². The number of carbonyl (C=O) groups is 2. The molecule has 0 fully saturated rings. The minimum atomic E-state index is -0.747. The zero-order valence-corrected chi connectivity index (χ0v) is 16.2. The second-order valence-corrected chi connectivity index (χ2v) is 6.87. The van der Waals surface area contributed by atoms with Gasteiger partial charge in [-0.05, 0) is 45.3 Å². The SMILES string of the molecule is COc1ccccc1C1C(C(=O)c2ccco2)=C(O)C(=O)N1CCCN(C)C. The second-order valence-electron chi connectivity index (χ2n) is 6.87. The minimum Gasteiger partial charge on any atom is -0.503 e. The molecule has 148 valence electrons. The van der Waals surface area contributed by atoms with Crippen LogP contribution in [0.4, 0.5) is 0 Å². The van der Waals surface area contributed by atoms with Crippen LogP contribution in [0.15, 0.2) is 58.4 Å². The lowest BCUT2D eigenvalue weighted by Crippen LogP contribution is -2.33. The molecule has 1 unspecified atom stereocenters. The Morgan fingerprint density at radius 2 is 2.00 bits per heavy atom. The van der Waals surface area contributed by atoms with Crippen molar-refractivity contribution in [2.45, 2.75) is 12.5 Å². The van der Waals surface area contributed by atoms with E-state index in [-0.39, 0.29) is 11.3 Å². The third kappa shape index (κ3) is 3.66. The summed E-state index contributed by atoms with van der Waals surface area (Å²) in [6, 6.07) is 9.54. The molecular weight excluding hydrogens is 360 g/mol. The summed E-state index contributed by atoms with van der Waals surface area (Å²) in [6.45, 7) is 1.16. The molecule has 0 aliphatic carbocycles. The quantitative estimate of drug-likeness (QED) is 0.705. The molecule has 7 heteroatoms. The van der Waals surface area contributed by atoms with Gasteiger partial charge < -0.3 is 24.1 Å². The van der Waals surface area contributed by atoms with Gasteiger partial charge >= 0.3 is 0 Å². The van der Waals surface area contributed by atoms with Crippen LogP contribution in [0.3, 0.4) is 0 Å². The van der Waals surface area contributed by atoms with Crippen LogP contribution in [0.2, 0.25) is 0 Å². The Labute approximate surface area is 163 Å². The number of amides is 1. The maximum absolute atomic E-state index is 13.0. The van der Waals surface area contributed by atoms with Gasteiger partial charge in [-0.2, -0.15) is 0 Å². The summed E-state index contributed by atoms with van der Waals surface area (Å²) in [7, 11) is 5.43. The van der Waals surface area contributed by atoms with Crippen LogP contribution in [0.5, 0.6) is 5.75 Å². The Morgan fingerprint density at radius 3 is 2.64 bits per heavy atom. The molecule has 1 aliphatic rings. The summed E-state index contributed by atoms with van der Waals surface area (Å²) in [5, 5.41) is 10.6. The normalized spacial score (nSPS) is 16.9. The molecule has 1 amide bonds. The van der Waals surface area contributed by atoms with Gasteiger partial charge in [-0.3, -0.25) is 9.59 Å². The van der Waals surface area contributed by atoms with E-state index in [2.05, 4.69) is 0 Å². The Hall–Kier alpha value is -3.06.